The molecule has 2 aromatic carbocycles. The van der Waals surface area contributed by atoms with Crippen LogP contribution in [0.4, 0.5) is 11.4 Å². The Morgan fingerprint density at radius 1 is 0.960 bits per heavy atom. The van der Waals surface area contributed by atoms with Crippen molar-refractivity contribution in [1.29, 1.82) is 0 Å². The van der Waals surface area contributed by atoms with Gasteiger partial charge in [-0.2, -0.15) is 0 Å². The highest BCUT2D eigenvalue weighted by molar-refractivity contribution is 6.36. The Kier molecular flexibility index (Phi) is 5.74. The Hall–Kier alpha value is -1.46. The number of anilines is 2. The fourth-order valence-corrected chi connectivity index (χ4v) is 3.34. The highest BCUT2D eigenvalue weighted by Gasteiger charge is 2.19. The highest BCUT2D eigenvalue weighted by Crippen LogP contribution is 2.31. The van der Waals surface area contributed by atoms with Crippen molar-refractivity contribution < 1.29 is 4.79 Å². The van der Waals surface area contributed by atoms with Crippen molar-refractivity contribution in [3.8, 4) is 0 Å². The second-order valence-electron chi connectivity index (χ2n) is 6.03. The van der Waals surface area contributed by atoms with Crippen LogP contribution in [-0.2, 0) is 0 Å². The number of carbonyl (C=O) groups is 1. The maximum atomic E-state index is 12.7. The minimum absolute atomic E-state index is 0.315. The van der Waals surface area contributed by atoms with Crippen molar-refractivity contribution in [3.63, 3.8) is 0 Å². The molecule has 0 radical (unpaired) electrons. The summed E-state index contributed by atoms with van der Waals surface area (Å²) in [5, 5.41) is 4.29. The quantitative estimate of drug-likeness (QED) is 0.817. The maximum Gasteiger partial charge on any atom is 0.257 e. The molecule has 3 rings (SSSR count). The van der Waals surface area contributed by atoms with Crippen molar-refractivity contribution in [1.82, 2.24) is 4.90 Å². The SMILES string of the molecule is CN1CCN(c2ccc(Cl)cc2NC(=O)c2cc(Cl)ccc2Cl)CC1. The first-order valence-electron chi connectivity index (χ1n) is 7.93. The average molecular weight is 399 g/mol. The van der Waals surface area contributed by atoms with Crippen LogP contribution in [0.2, 0.25) is 15.1 Å². The van der Waals surface area contributed by atoms with Crippen LogP contribution < -0.4 is 10.2 Å². The molecule has 1 aliphatic heterocycles. The third-order valence-corrected chi connectivity index (χ3v) is 5.02. The molecule has 4 nitrogen and oxygen atoms in total. The fraction of sp³-hybridized carbons (Fsp3) is 0.278. The number of amides is 1. The van der Waals surface area contributed by atoms with Gasteiger partial charge in [-0.05, 0) is 43.4 Å². The summed E-state index contributed by atoms with van der Waals surface area (Å²) in [6.45, 7) is 3.71. The molecule has 0 bridgehead atoms. The number of piperazine rings is 1. The number of rotatable bonds is 3. The first-order chi connectivity index (χ1) is 11.9. The standard InChI is InChI=1S/C18H18Cl3N3O/c1-23-6-8-24(9-7-23)17-5-3-13(20)11-16(17)22-18(25)14-10-12(19)2-4-15(14)21/h2-5,10-11H,6-9H2,1H3,(H,22,25). The van der Waals surface area contributed by atoms with E-state index < -0.39 is 0 Å². The van der Waals surface area contributed by atoms with E-state index in [0.717, 1.165) is 31.9 Å². The zero-order chi connectivity index (χ0) is 18.0. The second kappa shape index (κ2) is 7.83. The van der Waals surface area contributed by atoms with E-state index in [9.17, 15) is 4.79 Å². The Bertz CT molecular complexity index is 789. The third-order valence-electron chi connectivity index (χ3n) is 4.22. The number of nitrogens with one attached hydrogen (secondary N) is 1. The summed E-state index contributed by atoms with van der Waals surface area (Å²) in [7, 11) is 2.10. The maximum absolute atomic E-state index is 12.7. The Labute approximate surface area is 162 Å². The Morgan fingerprint density at radius 2 is 1.60 bits per heavy atom. The van der Waals surface area contributed by atoms with Crippen molar-refractivity contribution in [2.24, 2.45) is 0 Å². The molecule has 0 aromatic heterocycles. The molecule has 1 heterocycles. The van der Waals surface area contributed by atoms with Crippen LogP contribution in [0.1, 0.15) is 10.4 Å². The first-order valence-corrected chi connectivity index (χ1v) is 9.07. The molecule has 25 heavy (non-hydrogen) atoms. The number of hydrogen-bond acceptors (Lipinski definition) is 3. The number of benzene rings is 2. The van der Waals surface area contributed by atoms with E-state index in [0.29, 0.717) is 26.3 Å². The van der Waals surface area contributed by atoms with Gasteiger partial charge in [0, 0.05) is 36.2 Å². The van der Waals surface area contributed by atoms with Gasteiger partial charge in [0.2, 0.25) is 0 Å². The van der Waals surface area contributed by atoms with Crippen LogP contribution in [0.5, 0.6) is 0 Å². The van der Waals surface area contributed by atoms with Gasteiger partial charge in [0.1, 0.15) is 0 Å². The predicted molar refractivity (Wildman–Crippen MR) is 106 cm³/mol. The lowest BCUT2D eigenvalue weighted by Gasteiger charge is -2.35. The smallest absolute Gasteiger partial charge is 0.257 e. The summed E-state index contributed by atoms with van der Waals surface area (Å²) in [5.41, 5.74) is 1.94. The molecule has 132 valence electrons. The molecule has 1 aliphatic rings. The summed E-state index contributed by atoms with van der Waals surface area (Å²) in [6, 6.07) is 10.3. The number of likely N-dealkylation sites (N-methyl/N-ethyl adjacent to an activating group) is 1. The van der Waals surface area contributed by atoms with Crippen LogP contribution in [-0.4, -0.2) is 44.0 Å². The first kappa shape index (κ1) is 18.3. The predicted octanol–water partition coefficient (Wildman–Crippen LogP) is 4.65. The van der Waals surface area contributed by atoms with E-state index in [2.05, 4.69) is 22.2 Å². The van der Waals surface area contributed by atoms with Crippen LogP contribution in [0.3, 0.4) is 0 Å². The van der Waals surface area contributed by atoms with Gasteiger partial charge in [0.15, 0.2) is 0 Å². The average Bonchev–Trinajstić information content (AvgIpc) is 2.58. The minimum atomic E-state index is -0.315. The monoisotopic (exact) mass is 397 g/mol. The van der Waals surface area contributed by atoms with Crippen molar-refractivity contribution in [2.45, 2.75) is 0 Å². The van der Waals surface area contributed by atoms with Crippen LogP contribution in [0.25, 0.3) is 0 Å². The molecular formula is C18H18Cl3N3O. The molecule has 0 aliphatic carbocycles. The number of halogens is 3. The molecule has 0 atom stereocenters. The second-order valence-corrected chi connectivity index (χ2v) is 7.31. The summed E-state index contributed by atoms with van der Waals surface area (Å²) in [4.78, 5) is 17.2. The van der Waals surface area contributed by atoms with E-state index in [1.54, 1.807) is 24.3 Å². The number of carbonyl (C=O) groups excluding carboxylic acids is 1. The summed E-state index contributed by atoms with van der Waals surface area (Å²) in [5.74, 6) is -0.315. The molecule has 0 unspecified atom stereocenters. The third kappa shape index (κ3) is 4.39. The minimum Gasteiger partial charge on any atom is -0.367 e. The molecule has 1 N–H and O–H groups in total. The van der Waals surface area contributed by atoms with E-state index in [1.165, 1.54) is 0 Å². The molecule has 0 saturated carbocycles. The van der Waals surface area contributed by atoms with Crippen LogP contribution in [0.15, 0.2) is 36.4 Å². The summed E-state index contributed by atoms with van der Waals surface area (Å²) in [6.07, 6.45) is 0. The van der Waals surface area contributed by atoms with Gasteiger partial charge < -0.3 is 15.1 Å². The molecule has 2 aromatic rings. The van der Waals surface area contributed by atoms with Gasteiger partial charge in [0.05, 0.1) is 22.0 Å². The van der Waals surface area contributed by atoms with Gasteiger partial charge in [-0.3, -0.25) is 4.79 Å². The number of hydrogen-bond donors (Lipinski definition) is 1. The van der Waals surface area contributed by atoms with Crippen LogP contribution in [0, 0.1) is 0 Å². The van der Waals surface area contributed by atoms with Gasteiger partial charge in [0.25, 0.3) is 5.91 Å². The molecule has 1 amide bonds. The van der Waals surface area contributed by atoms with E-state index in [1.807, 2.05) is 12.1 Å². The largest absolute Gasteiger partial charge is 0.367 e. The zero-order valence-electron chi connectivity index (χ0n) is 13.7. The van der Waals surface area contributed by atoms with Gasteiger partial charge in [-0.25, -0.2) is 0 Å². The molecular weight excluding hydrogens is 381 g/mol. The topological polar surface area (TPSA) is 35.6 Å². The number of nitrogens with zero attached hydrogens (tertiary/aromatic N) is 2. The lowest BCUT2D eigenvalue weighted by Crippen LogP contribution is -2.44. The summed E-state index contributed by atoms with van der Waals surface area (Å²) >= 11 is 18.3. The zero-order valence-corrected chi connectivity index (χ0v) is 16.0. The highest BCUT2D eigenvalue weighted by atomic mass is 35.5. The van der Waals surface area contributed by atoms with Crippen molar-refractivity contribution in [3.05, 3.63) is 57.0 Å². The summed E-state index contributed by atoms with van der Waals surface area (Å²) < 4.78 is 0. The molecule has 1 saturated heterocycles. The lowest BCUT2D eigenvalue weighted by atomic mass is 10.1. The molecule has 1 fully saturated rings. The van der Waals surface area contributed by atoms with Crippen molar-refractivity contribution >= 4 is 52.1 Å². The van der Waals surface area contributed by atoms with Gasteiger partial charge in [-0.1, -0.05) is 34.8 Å². The molecule has 0 spiro atoms. The van der Waals surface area contributed by atoms with E-state index in [4.69, 9.17) is 34.8 Å². The van der Waals surface area contributed by atoms with E-state index in [-0.39, 0.29) is 5.91 Å². The van der Waals surface area contributed by atoms with Gasteiger partial charge >= 0.3 is 0 Å². The van der Waals surface area contributed by atoms with Crippen LogP contribution >= 0.6 is 34.8 Å². The van der Waals surface area contributed by atoms with Gasteiger partial charge in [-0.15, -0.1) is 0 Å². The Balaban J connectivity index is 1.87. The Morgan fingerprint density at radius 3 is 2.32 bits per heavy atom. The fourth-order valence-electron chi connectivity index (χ4n) is 2.79. The lowest BCUT2D eigenvalue weighted by molar-refractivity contribution is 0.102. The molecule has 7 heteroatoms. The van der Waals surface area contributed by atoms with Crippen molar-refractivity contribution in [2.75, 3.05) is 43.4 Å². The van der Waals surface area contributed by atoms with E-state index >= 15 is 0 Å². The normalized spacial score (nSPS) is 15.3.